The summed E-state index contributed by atoms with van der Waals surface area (Å²) in [6.45, 7) is 14.3. The zero-order valence-corrected chi connectivity index (χ0v) is 14.0. The van der Waals surface area contributed by atoms with Crippen LogP contribution in [0.15, 0.2) is 18.2 Å². The van der Waals surface area contributed by atoms with Crippen molar-refractivity contribution in [2.24, 2.45) is 0 Å². The van der Waals surface area contributed by atoms with E-state index >= 15 is 0 Å². The van der Waals surface area contributed by atoms with Crippen molar-refractivity contribution in [2.45, 2.75) is 60.2 Å². The molecule has 1 N–H and O–H groups in total. The minimum atomic E-state index is 0.102. The highest BCUT2D eigenvalue weighted by Gasteiger charge is 2.10. The second-order valence-electron chi connectivity index (χ2n) is 6.68. The van der Waals surface area contributed by atoms with Gasteiger partial charge in [0.25, 0.3) is 0 Å². The van der Waals surface area contributed by atoms with Crippen molar-refractivity contribution in [3.05, 3.63) is 46.5 Å². The summed E-state index contributed by atoms with van der Waals surface area (Å²) < 4.78 is 2.04. The maximum Gasteiger partial charge on any atom is 0.0834 e. The number of nitrogens with one attached hydrogen (secondary N) is 1. The minimum Gasteiger partial charge on any atom is -0.306 e. The molecule has 2 aromatic heterocycles. The molecular formula is C17H26N4. The Morgan fingerprint density at radius 1 is 1.10 bits per heavy atom. The van der Waals surface area contributed by atoms with Gasteiger partial charge in [-0.25, -0.2) is 0 Å². The van der Waals surface area contributed by atoms with Gasteiger partial charge in [-0.2, -0.15) is 5.10 Å². The molecule has 4 heteroatoms. The third kappa shape index (κ3) is 4.14. The number of rotatable bonds is 4. The van der Waals surface area contributed by atoms with Gasteiger partial charge < -0.3 is 5.32 Å². The van der Waals surface area contributed by atoms with Gasteiger partial charge in [0.1, 0.15) is 0 Å². The standard InChI is InChI=1S/C17H26N4/c1-12-13(2)20-21(14(12)3)11-16-9-7-8-15(19-16)10-18-17(4,5)6/h7-9,18H,10-11H2,1-6H3. The molecule has 0 aliphatic carbocycles. The molecule has 21 heavy (non-hydrogen) atoms. The predicted molar refractivity (Wildman–Crippen MR) is 86.4 cm³/mol. The summed E-state index contributed by atoms with van der Waals surface area (Å²) in [6.07, 6.45) is 0. The fourth-order valence-corrected chi connectivity index (χ4v) is 2.17. The molecule has 0 fully saturated rings. The van der Waals surface area contributed by atoms with Gasteiger partial charge in [-0.3, -0.25) is 9.67 Å². The topological polar surface area (TPSA) is 42.7 Å². The van der Waals surface area contributed by atoms with Crippen LogP contribution in [0.3, 0.4) is 0 Å². The Balaban J connectivity index is 2.12. The van der Waals surface area contributed by atoms with E-state index in [0.29, 0.717) is 0 Å². The maximum atomic E-state index is 4.73. The van der Waals surface area contributed by atoms with Crippen LogP contribution in [0.1, 0.15) is 49.1 Å². The van der Waals surface area contributed by atoms with Crippen molar-refractivity contribution < 1.29 is 0 Å². The molecule has 2 rings (SSSR count). The first-order chi connectivity index (χ1) is 9.76. The first kappa shape index (κ1) is 15.7. The molecule has 114 valence electrons. The SMILES string of the molecule is Cc1nn(Cc2cccc(CNC(C)(C)C)n2)c(C)c1C. The molecule has 2 heterocycles. The van der Waals surface area contributed by atoms with Crippen LogP contribution in [0.25, 0.3) is 0 Å². The first-order valence-electron chi connectivity index (χ1n) is 7.47. The zero-order valence-electron chi connectivity index (χ0n) is 14.0. The quantitative estimate of drug-likeness (QED) is 0.939. The Morgan fingerprint density at radius 3 is 2.33 bits per heavy atom. The molecule has 0 radical (unpaired) electrons. The van der Waals surface area contributed by atoms with Gasteiger partial charge in [-0.15, -0.1) is 0 Å². The Morgan fingerprint density at radius 2 is 1.76 bits per heavy atom. The summed E-state index contributed by atoms with van der Waals surface area (Å²) >= 11 is 0. The molecule has 0 bridgehead atoms. The van der Waals surface area contributed by atoms with Crippen LogP contribution in [-0.4, -0.2) is 20.3 Å². The van der Waals surface area contributed by atoms with Crippen LogP contribution in [0, 0.1) is 20.8 Å². The fourth-order valence-electron chi connectivity index (χ4n) is 2.17. The second-order valence-corrected chi connectivity index (χ2v) is 6.68. The third-order valence-corrected chi connectivity index (χ3v) is 3.72. The smallest absolute Gasteiger partial charge is 0.0834 e. The summed E-state index contributed by atoms with van der Waals surface area (Å²) in [4.78, 5) is 4.73. The first-order valence-corrected chi connectivity index (χ1v) is 7.47. The van der Waals surface area contributed by atoms with Crippen molar-refractivity contribution in [2.75, 3.05) is 0 Å². The highest BCUT2D eigenvalue weighted by molar-refractivity contribution is 5.23. The summed E-state index contributed by atoms with van der Waals surface area (Å²) in [7, 11) is 0. The number of pyridine rings is 1. The average molecular weight is 286 g/mol. The van der Waals surface area contributed by atoms with E-state index in [1.807, 2.05) is 4.68 Å². The van der Waals surface area contributed by atoms with E-state index in [0.717, 1.165) is 30.2 Å². The summed E-state index contributed by atoms with van der Waals surface area (Å²) in [5.41, 5.74) is 5.80. The largest absolute Gasteiger partial charge is 0.306 e. The molecule has 0 unspecified atom stereocenters. The zero-order chi connectivity index (χ0) is 15.6. The predicted octanol–water partition coefficient (Wildman–Crippen LogP) is 3.14. The van der Waals surface area contributed by atoms with E-state index in [9.17, 15) is 0 Å². The van der Waals surface area contributed by atoms with Crippen molar-refractivity contribution in [1.29, 1.82) is 0 Å². The Kier molecular flexibility index (Phi) is 4.47. The van der Waals surface area contributed by atoms with Crippen LogP contribution < -0.4 is 5.32 Å². The Hall–Kier alpha value is -1.68. The van der Waals surface area contributed by atoms with E-state index < -0.39 is 0 Å². The molecule has 0 spiro atoms. The van der Waals surface area contributed by atoms with Gasteiger partial charge in [0.2, 0.25) is 0 Å². The lowest BCUT2D eigenvalue weighted by molar-refractivity contribution is 0.421. The molecule has 0 atom stereocenters. The van der Waals surface area contributed by atoms with Gasteiger partial charge in [-0.05, 0) is 59.2 Å². The number of hydrogen-bond donors (Lipinski definition) is 1. The van der Waals surface area contributed by atoms with Crippen LogP contribution in [0.4, 0.5) is 0 Å². The summed E-state index contributed by atoms with van der Waals surface area (Å²) in [6, 6.07) is 6.20. The molecule has 0 saturated heterocycles. The van der Waals surface area contributed by atoms with Gasteiger partial charge >= 0.3 is 0 Å². The molecule has 0 aliphatic heterocycles. The number of aromatic nitrogens is 3. The van der Waals surface area contributed by atoms with E-state index in [1.165, 1.54) is 11.3 Å². The van der Waals surface area contributed by atoms with E-state index in [1.54, 1.807) is 0 Å². The normalized spacial score (nSPS) is 11.9. The molecule has 0 aromatic carbocycles. The summed E-state index contributed by atoms with van der Waals surface area (Å²) in [5.74, 6) is 0. The monoisotopic (exact) mass is 286 g/mol. The van der Waals surface area contributed by atoms with Gasteiger partial charge in [0, 0.05) is 17.8 Å². The number of nitrogens with zero attached hydrogens (tertiary/aromatic N) is 3. The highest BCUT2D eigenvalue weighted by Crippen LogP contribution is 2.13. The Bertz CT molecular complexity index is 620. The van der Waals surface area contributed by atoms with Crippen molar-refractivity contribution >= 4 is 0 Å². The van der Waals surface area contributed by atoms with Gasteiger partial charge in [0.05, 0.1) is 23.6 Å². The molecular weight excluding hydrogens is 260 g/mol. The van der Waals surface area contributed by atoms with Crippen molar-refractivity contribution in [3.8, 4) is 0 Å². The van der Waals surface area contributed by atoms with Crippen LogP contribution in [0.2, 0.25) is 0 Å². The van der Waals surface area contributed by atoms with Crippen LogP contribution in [0.5, 0.6) is 0 Å². The van der Waals surface area contributed by atoms with Crippen LogP contribution in [-0.2, 0) is 13.1 Å². The minimum absolute atomic E-state index is 0.102. The average Bonchev–Trinajstić information content (AvgIpc) is 2.64. The summed E-state index contributed by atoms with van der Waals surface area (Å²) in [5, 5.41) is 8.05. The fraction of sp³-hybridized carbons (Fsp3) is 0.529. The lowest BCUT2D eigenvalue weighted by Gasteiger charge is -2.20. The number of hydrogen-bond acceptors (Lipinski definition) is 3. The molecule has 0 amide bonds. The van der Waals surface area contributed by atoms with Crippen molar-refractivity contribution in [1.82, 2.24) is 20.1 Å². The van der Waals surface area contributed by atoms with E-state index in [-0.39, 0.29) is 5.54 Å². The third-order valence-electron chi connectivity index (χ3n) is 3.72. The lowest BCUT2D eigenvalue weighted by atomic mass is 10.1. The van der Waals surface area contributed by atoms with Gasteiger partial charge in [-0.1, -0.05) is 6.07 Å². The Labute approximate surface area is 127 Å². The van der Waals surface area contributed by atoms with E-state index in [2.05, 4.69) is 70.2 Å². The molecule has 4 nitrogen and oxygen atoms in total. The maximum absolute atomic E-state index is 4.73. The van der Waals surface area contributed by atoms with Crippen LogP contribution >= 0.6 is 0 Å². The number of aryl methyl sites for hydroxylation is 1. The highest BCUT2D eigenvalue weighted by atomic mass is 15.3. The molecule has 2 aromatic rings. The molecule has 0 aliphatic rings. The molecule has 0 saturated carbocycles. The van der Waals surface area contributed by atoms with E-state index in [4.69, 9.17) is 4.98 Å². The lowest BCUT2D eigenvalue weighted by Crippen LogP contribution is -2.35. The van der Waals surface area contributed by atoms with Gasteiger partial charge in [0.15, 0.2) is 0 Å². The second kappa shape index (κ2) is 5.98. The van der Waals surface area contributed by atoms with Crippen molar-refractivity contribution in [3.63, 3.8) is 0 Å².